The van der Waals surface area contributed by atoms with E-state index in [1.54, 1.807) is 11.8 Å². The SMILES string of the molecule is CC(C)CCC(CSc1ccccc1)C(=O)OC(C)(C)C. The van der Waals surface area contributed by atoms with E-state index in [0.717, 1.165) is 18.6 Å². The standard InChI is InChI=1S/C18H28O2S/c1-14(2)11-12-15(17(19)20-18(3,4)5)13-21-16-9-7-6-8-10-16/h6-10,14-15H,11-13H2,1-5H3. The van der Waals surface area contributed by atoms with Crippen LogP contribution < -0.4 is 0 Å². The molecule has 1 atom stereocenters. The molecule has 0 N–H and O–H groups in total. The summed E-state index contributed by atoms with van der Waals surface area (Å²) in [7, 11) is 0. The molecule has 118 valence electrons. The Hall–Kier alpha value is -0.960. The Kier molecular flexibility index (Phi) is 7.30. The minimum atomic E-state index is -0.412. The number of benzene rings is 1. The first kappa shape index (κ1) is 18.1. The van der Waals surface area contributed by atoms with Crippen LogP contribution in [0.15, 0.2) is 35.2 Å². The van der Waals surface area contributed by atoms with E-state index in [0.29, 0.717) is 5.92 Å². The van der Waals surface area contributed by atoms with Crippen LogP contribution in [0.3, 0.4) is 0 Å². The zero-order chi connectivity index (χ0) is 15.9. The third-order valence-corrected chi connectivity index (χ3v) is 4.20. The van der Waals surface area contributed by atoms with Crippen molar-refractivity contribution in [3.63, 3.8) is 0 Å². The highest BCUT2D eigenvalue weighted by molar-refractivity contribution is 7.99. The second kappa shape index (κ2) is 8.47. The molecule has 2 nitrogen and oxygen atoms in total. The van der Waals surface area contributed by atoms with Gasteiger partial charge in [-0.15, -0.1) is 11.8 Å². The van der Waals surface area contributed by atoms with Gasteiger partial charge in [0.15, 0.2) is 0 Å². The maximum absolute atomic E-state index is 12.4. The van der Waals surface area contributed by atoms with Crippen molar-refractivity contribution in [2.24, 2.45) is 11.8 Å². The van der Waals surface area contributed by atoms with Crippen molar-refractivity contribution in [1.82, 2.24) is 0 Å². The van der Waals surface area contributed by atoms with E-state index >= 15 is 0 Å². The summed E-state index contributed by atoms with van der Waals surface area (Å²) in [5.74, 6) is 1.30. The molecular weight excluding hydrogens is 280 g/mol. The van der Waals surface area contributed by atoms with Crippen LogP contribution in [0.4, 0.5) is 0 Å². The van der Waals surface area contributed by atoms with Crippen molar-refractivity contribution in [3.05, 3.63) is 30.3 Å². The lowest BCUT2D eigenvalue weighted by atomic mass is 9.99. The summed E-state index contributed by atoms with van der Waals surface area (Å²) in [5.41, 5.74) is -0.412. The third kappa shape index (κ3) is 8.15. The highest BCUT2D eigenvalue weighted by Gasteiger charge is 2.25. The first-order valence-corrected chi connectivity index (χ1v) is 8.67. The summed E-state index contributed by atoms with van der Waals surface area (Å²) in [6, 6.07) is 10.2. The fourth-order valence-corrected chi connectivity index (χ4v) is 2.95. The van der Waals surface area contributed by atoms with Crippen molar-refractivity contribution in [1.29, 1.82) is 0 Å². The third-order valence-electron chi connectivity index (χ3n) is 3.03. The Morgan fingerprint density at radius 2 is 1.76 bits per heavy atom. The Labute approximate surface area is 133 Å². The molecule has 0 heterocycles. The van der Waals surface area contributed by atoms with Crippen molar-refractivity contribution < 1.29 is 9.53 Å². The lowest BCUT2D eigenvalue weighted by molar-refractivity contribution is -0.159. The molecule has 0 fully saturated rings. The minimum Gasteiger partial charge on any atom is -0.460 e. The van der Waals surface area contributed by atoms with E-state index in [9.17, 15) is 4.79 Å². The second-order valence-corrected chi connectivity index (χ2v) is 7.92. The largest absolute Gasteiger partial charge is 0.460 e. The Morgan fingerprint density at radius 1 is 1.14 bits per heavy atom. The molecule has 1 aromatic carbocycles. The van der Waals surface area contributed by atoms with Crippen LogP contribution in [0.25, 0.3) is 0 Å². The predicted octanol–water partition coefficient (Wildman–Crippen LogP) is 5.17. The number of thioether (sulfide) groups is 1. The van der Waals surface area contributed by atoms with Gasteiger partial charge in [0.05, 0.1) is 5.92 Å². The van der Waals surface area contributed by atoms with Gasteiger partial charge in [0.25, 0.3) is 0 Å². The molecule has 0 aliphatic heterocycles. The number of hydrogen-bond donors (Lipinski definition) is 0. The van der Waals surface area contributed by atoms with Gasteiger partial charge in [-0.25, -0.2) is 0 Å². The maximum atomic E-state index is 12.4. The molecule has 0 saturated carbocycles. The molecule has 1 rings (SSSR count). The van der Waals surface area contributed by atoms with Gasteiger partial charge >= 0.3 is 5.97 Å². The van der Waals surface area contributed by atoms with Gasteiger partial charge in [-0.2, -0.15) is 0 Å². The van der Waals surface area contributed by atoms with Crippen LogP contribution in [-0.4, -0.2) is 17.3 Å². The number of carbonyl (C=O) groups is 1. The molecule has 0 aliphatic rings. The van der Waals surface area contributed by atoms with Crippen molar-refractivity contribution in [3.8, 4) is 0 Å². The highest BCUT2D eigenvalue weighted by atomic mass is 32.2. The summed E-state index contributed by atoms with van der Waals surface area (Å²) in [4.78, 5) is 13.6. The maximum Gasteiger partial charge on any atom is 0.310 e. The van der Waals surface area contributed by atoms with E-state index in [-0.39, 0.29) is 11.9 Å². The molecule has 0 aliphatic carbocycles. The number of esters is 1. The average Bonchev–Trinajstić information content (AvgIpc) is 2.37. The van der Waals surface area contributed by atoms with Crippen LogP contribution in [0, 0.1) is 11.8 Å². The minimum absolute atomic E-state index is 0.0307. The first-order valence-electron chi connectivity index (χ1n) is 7.68. The van der Waals surface area contributed by atoms with E-state index in [1.165, 1.54) is 4.90 Å². The topological polar surface area (TPSA) is 26.3 Å². The van der Waals surface area contributed by atoms with Gasteiger partial charge in [-0.1, -0.05) is 38.5 Å². The molecule has 1 aromatic rings. The van der Waals surface area contributed by atoms with E-state index < -0.39 is 5.60 Å². The summed E-state index contributed by atoms with van der Waals surface area (Å²) < 4.78 is 5.57. The van der Waals surface area contributed by atoms with Crippen LogP contribution in [0.1, 0.15) is 47.5 Å². The molecule has 0 saturated heterocycles. The quantitative estimate of drug-likeness (QED) is 0.513. The first-order chi connectivity index (χ1) is 9.78. The lowest BCUT2D eigenvalue weighted by Gasteiger charge is -2.24. The Balaban J connectivity index is 2.61. The molecule has 1 unspecified atom stereocenters. The fourth-order valence-electron chi connectivity index (χ4n) is 1.90. The smallest absolute Gasteiger partial charge is 0.310 e. The second-order valence-electron chi connectivity index (χ2n) is 6.83. The van der Waals surface area contributed by atoms with Crippen LogP contribution in [0.2, 0.25) is 0 Å². The van der Waals surface area contributed by atoms with Gasteiger partial charge in [-0.05, 0) is 45.2 Å². The molecule has 3 heteroatoms. The molecule has 0 spiro atoms. The van der Waals surface area contributed by atoms with E-state index in [4.69, 9.17) is 4.74 Å². The van der Waals surface area contributed by atoms with Gasteiger partial charge in [0, 0.05) is 10.6 Å². The summed E-state index contributed by atoms with van der Waals surface area (Å²) in [5, 5.41) is 0. The van der Waals surface area contributed by atoms with Crippen molar-refractivity contribution in [2.75, 3.05) is 5.75 Å². The number of ether oxygens (including phenoxy) is 1. The van der Waals surface area contributed by atoms with Gasteiger partial charge in [-0.3, -0.25) is 4.79 Å². The number of hydrogen-bond acceptors (Lipinski definition) is 3. The zero-order valence-corrected chi connectivity index (χ0v) is 14.7. The molecular formula is C18H28O2S. The Bertz CT molecular complexity index is 421. The van der Waals surface area contributed by atoms with E-state index in [2.05, 4.69) is 26.0 Å². The van der Waals surface area contributed by atoms with Gasteiger partial charge < -0.3 is 4.74 Å². The highest BCUT2D eigenvalue weighted by Crippen LogP contribution is 2.26. The van der Waals surface area contributed by atoms with Crippen LogP contribution in [-0.2, 0) is 9.53 Å². The average molecular weight is 308 g/mol. The summed E-state index contributed by atoms with van der Waals surface area (Å²) in [6.45, 7) is 10.2. The zero-order valence-electron chi connectivity index (χ0n) is 13.9. The summed E-state index contributed by atoms with van der Waals surface area (Å²) in [6.07, 6.45) is 1.95. The van der Waals surface area contributed by atoms with Crippen molar-refractivity contribution in [2.45, 2.75) is 58.0 Å². The fraction of sp³-hybridized carbons (Fsp3) is 0.611. The molecule has 0 radical (unpaired) electrons. The van der Waals surface area contributed by atoms with Crippen LogP contribution >= 0.6 is 11.8 Å². The molecule has 0 aromatic heterocycles. The normalized spacial score (nSPS) is 13.2. The van der Waals surface area contributed by atoms with E-state index in [1.807, 2.05) is 39.0 Å². The molecule has 0 amide bonds. The number of carbonyl (C=O) groups excluding carboxylic acids is 1. The van der Waals surface area contributed by atoms with Gasteiger partial charge in [0.1, 0.15) is 5.60 Å². The summed E-state index contributed by atoms with van der Waals surface area (Å²) >= 11 is 1.73. The van der Waals surface area contributed by atoms with Gasteiger partial charge in [0.2, 0.25) is 0 Å². The molecule has 21 heavy (non-hydrogen) atoms. The predicted molar refractivity (Wildman–Crippen MR) is 90.6 cm³/mol. The van der Waals surface area contributed by atoms with Crippen molar-refractivity contribution >= 4 is 17.7 Å². The van der Waals surface area contributed by atoms with Crippen LogP contribution in [0.5, 0.6) is 0 Å². The lowest BCUT2D eigenvalue weighted by Crippen LogP contribution is -2.30. The monoisotopic (exact) mass is 308 g/mol. The Morgan fingerprint density at radius 3 is 2.29 bits per heavy atom. The number of rotatable bonds is 7. The molecule has 0 bridgehead atoms.